The Morgan fingerprint density at radius 2 is 1.44 bits per heavy atom. The van der Waals surface area contributed by atoms with E-state index in [4.69, 9.17) is 6.35 Å². The standard InChI is InChI=1S/C34H34NS.C15H28O2.Ir/c1-20-11-12-23-22(15-20)16-27-31-30-25(13-14-35-31)24-10-8-9-21(18-33(2,3)4)26(24)17-29(30)36-32(27)28(23)19-34(5,6)7;1-7-14(5,8-2)12(16)11-13(17)15(6,9-3)10-4;/h8-15,17H,18-19H2,1-7H3;11,16H,7-10H2,1-6H3;/q-1;;/b;12-11-;/i14D;;. The molecule has 0 saturated carbocycles. The number of nitrogens with zero attached hydrogens (tertiary/aromatic N) is 1. The van der Waals surface area contributed by atoms with Gasteiger partial charge in [0, 0.05) is 53.8 Å². The van der Waals surface area contributed by atoms with E-state index in [0.29, 0.717) is 6.17 Å². The van der Waals surface area contributed by atoms with E-state index in [9.17, 15) is 9.90 Å². The van der Waals surface area contributed by atoms with Crippen molar-refractivity contribution >= 4 is 49.9 Å². The summed E-state index contributed by atoms with van der Waals surface area (Å²) in [6, 6.07) is 21.5. The number of aromatic nitrogens is 1. The quantitative estimate of drug-likeness (QED) is 0.0679. The first-order valence-electron chi connectivity index (χ1n) is 20.2. The molecule has 1 aromatic heterocycles. The maximum atomic E-state index is 12.2. The molecule has 2 heterocycles. The van der Waals surface area contributed by atoms with Crippen LogP contribution in [0.3, 0.4) is 0 Å². The minimum absolute atomic E-state index is 0. The number of carbonyl (C=O) groups is 1. The molecule has 5 aromatic rings. The fourth-order valence-electron chi connectivity index (χ4n) is 7.36. The fraction of sp³-hybridized carbons (Fsp3) is 0.469. The molecule has 54 heavy (non-hydrogen) atoms. The van der Waals surface area contributed by atoms with Crippen molar-refractivity contribution < 1.29 is 31.4 Å². The Morgan fingerprint density at radius 1 is 0.815 bits per heavy atom. The molecule has 0 aliphatic carbocycles. The predicted molar refractivity (Wildman–Crippen MR) is 229 cm³/mol. The van der Waals surface area contributed by atoms with Gasteiger partial charge in [0.15, 0.2) is 5.78 Å². The van der Waals surface area contributed by atoms with Crippen LogP contribution in [0, 0.1) is 34.7 Å². The molecule has 0 atom stereocenters. The Bertz CT molecular complexity index is 2250. The van der Waals surface area contributed by atoms with E-state index >= 15 is 0 Å². The molecule has 1 aliphatic rings. The van der Waals surface area contributed by atoms with E-state index in [-0.39, 0.29) is 53.3 Å². The minimum atomic E-state index is -0.337. The Kier molecular flexibility index (Phi) is 13.0. The number of aliphatic hydroxyl groups excluding tert-OH is 1. The van der Waals surface area contributed by atoms with Crippen molar-refractivity contribution in [2.24, 2.45) is 21.7 Å². The van der Waals surface area contributed by atoms with Crippen molar-refractivity contribution in [2.45, 2.75) is 138 Å². The third-order valence-electron chi connectivity index (χ3n) is 11.6. The molecule has 1 N–H and O–H groups in total. The van der Waals surface area contributed by atoms with Gasteiger partial charge in [0.25, 0.3) is 0 Å². The van der Waals surface area contributed by atoms with Gasteiger partial charge in [-0.2, -0.15) is 0 Å². The molecule has 0 unspecified atom stereocenters. The van der Waals surface area contributed by atoms with Gasteiger partial charge in [-0.25, -0.2) is 0 Å². The van der Waals surface area contributed by atoms with Crippen molar-refractivity contribution in [1.29, 1.82) is 0 Å². The summed E-state index contributed by atoms with van der Waals surface area (Å²) in [6.45, 7) is 28.1. The first-order chi connectivity index (χ1) is 25.2. The van der Waals surface area contributed by atoms with Crippen molar-refractivity contribution in [3.8, 4) is 11.3 Å². The van der Waals surface area contributed by atoms with Crippen LogP contribution in [0.25, 0.3) is 43.6 Å². The monoisotopic (exact) mass is 922 g/mol. The van der Waals surface area contributed by atoms with E-state index in [2.05, 4.69) is 97.0 Å². The van der Waals surface area contributed by atoms with E-state index < -0.39 is 0 Å². The number of fused-ring (bicyclic) bond motifs is 5. The van der Waals surface area contributed by atoms with E-state index in [1.54, 1.807) is 0 Å². The van der Waals surface area contributed by atoms with Crippen LogP contribution in [0.2, 0.25) is 0 Å². The summed E-state index contributed by atoms with van der Waals surface area (Å²) in [5.41, 5.74) is 5.67. The second kappa shape index (κ2) is 16.6. The van der Waals surface area contributed by atoms with Gasteiger partial charge in [0.2, 0.25) is 0 Å². The predicted octanol–water partition coefficient (Wildman–Crippen LogP) is 14.6. The molecule has 3 nitrogen and oxygen atoms in total. The smallest absolute Gasteiger partial charge is 0.164 e. The summed E-state index contributed by atoms with van der Waals surface area (Å²) in [5.74, 6) is 0.286. The van der Waals surface area contributed by atoms with Crippen LogP contribution in [0.1, 0.15) is 127 Å². The number of allylic oxidation sites excluding steroid dienone is 2. The molecule has 291 valence electrons. The molecule has 0 spiro atoms. The molecule has 0 saturated heterocycles. The molecule has 1 aliphatic heterocycles. The number of pyridine rings is 1. The van der Waals surface area contributed by atoms with Gasteiger partial charge in [-0.3, -0.25) is 9.78 Å². The molecule has 0 fully saturated rings. The summed E-state index contributed by atoms with van der Waals surface area (Å²) < 4.78 is 8.69. The minimum Gasteiger partial charge on any atom is -0.512 e. The normalized spacial score (nSPS) is 13.6. The number of rotatable bonds is 9. The second-order valence-corrected chi connectivity index (χ2v) is 19.3. The van der Waals surface area contributed by atoms with E-state index in [1.165, 1.54) is 54.1 Å². The van der Waals surface area contributed by atoms with Crippen molar-refractivity contribution in [3.05, 3.63) is 89.3 Å². The van der Waals surface area contributed by atoms with Crippen LogP contribution in [-0.2, 0) is 37.7 Å². The third-order valence-corrected chi connectivity index (χ3v) is 12.8. The summed E-state index contributed by atoms with van der Waals surface area (Å²) in [6.07, 6.45) is 7.05. The average molecular weight is 922 g/mol. The summed E-state index contributed by atoms with van der Waals surface area (Å²) in [5, 5.41) is 17.4. The molecule has 6 rings (SSSR count). The molecular weight excluding hydrogens is 859 g/mol. The molecule has 5 heteroatoms. The zero-order valence-corrected chi connectivity index (χ0v) is 38.2. The summed E-state index contributed by atoms with van der Waals surface area (Å²) in [4.78, 5) is 19.5. The number of carbonyl (C=O) groups excluding carboxylic acids is 1. The molecule has 4 aromatic carbocycles. The van der Waals surface area contributed by atoms with Crippen LogP contribution in [0.5, 0.6) is 0 Å². The Labute approximate surface area is 345 Å². The zero-order chi connectivity index (χ0) is 40.0. The van der Waals surface area contributed by atoms with Gasteiger partial charge < -0.3 is 5.11 Å². The number of benzene rings is 4. The van der Waals surface area contributed by atoms with Crippen LogP contribution in [0.4, 0.5) is 0 Å². The Balaban J connectivity index is 0.000000320. The number of ketones is 1. The van der Waals surface area contributed by atoms with Crippen LogP contribution < -0.4 is 0 Å². The number of hydrogen-bond donors (Lipinski definition) is 1. The first kappa shape index (κ1) is 42.2. The van der Waals surface area contributed by atoms with Gasteiger partial charge >= 0.3 is 0 Å². The van der Waals surface area contributed by atoms with Gasteiger partial charge in [-0.05, 0) is 100 Å². The van der Waals surface area contributed by atoms with Crippen molar-refractivity contribution in [2.75, 3.05) is 0 Å². The molecule has 0 bridgehead atoms. The van der Waals surface area contributed by atoms with Crippen molar-refractivity contribution in [3.63, 3.8) is 0 Å². The third kappa shape index (κ3) is 9.01. The molecular formula is C49H62IrNO2S-. The maximum Gasteiger partial charge on any atom is 0.164 e. The van der Waals surface area contributed by atoms with Crippen LogP contribution in [-0.4, -0.2) is 15.9 Å². The number of aryl methyl sites for hydroxylation is 1. The van der Waals surface area contributed by atoms with E-state index in [0.717, 1.165) is 60.6 Å². The molecule has 0 amide bonds. The van der Waals surface area contributed by atoms with Gasteiger partial charge in [0.05, 0.1) is 1.37 Å². The second-order valence-electron chi connectivity index (χ2n) is 18.3. The molecule has 1 radical (unpaired) electrons. The average Bonchev–Trinajstić information content (AvgIpc) is 3.10. The first-order valence-corrected chi connectivity index (χ1v) is 20.5. The van der Waals surface area contributed by atoms with Crippen LogP contribution >= 0.6 is 11.8 Å². The summed E-state index contributed by atoms with van der Waals surface area (Å²) >= 11 is 1.88. The Hall–Kier alpha value is -2.98. The van der Waals surface area contributed by atoms with Gasteiger partial charge in [-0.1, -0.05) is 135 Å². The maximum absolute atomic E-state index is 12.2. The zero-order valence-electron chi connectivity index (χ0n) is 36.0. The Morgan fingerprint density at radius 3 is 2.04 bits per heavy atom. The number of aliphatic hydroxyl groups is 1. The summed E-state index contributed by atoms with van der Waals surface area (Å²) in [7, 11) is 0. The van der Waals surface area contributed by atoms with Crippen LogP contribution in [0.15, 0.2) is 76.3 Å². The van der Waals surface area contributed by atoms with Gasteiger partial charge in [0.1, 0.15) is 5.76 Å². The van der Waals surface area contributed by atoms with Gasteiger partial charge in [-0.15, -0.1) is 29.3 Å². The largest absolute Gasteiger partial charge is 0.512 e. The number of hydrogen-bond acceptors (Lipinski definition) is 4. The van der Waals surface area contributed by atoms with Crippen molar-refractivity contribution in [1.82, 2.24) is 4.98 Å². The SMILES string of the molecule is CCC(C)(CC)C(=O)/C=C(\O)C(C)(CC)CC.[2H]c1cc2c3c(cc4c(CC(C)(C)C)cccc42)Sc2c([c-]c4cc(C)ccc4c2CC(C)(C)C)-c3n1.[Ir]. The van der Waals surface area contributed by atoms with E-state index in [1.807, 2.05) is 59.4 Å². The topological polar surface area (TPSA) is 50.2 Å². The fourth-order valence-corrected chi connectivity index (χ4v) is 8.62.